The minimum Gasteiger partial charge on any atom is -0.384 e. The van der Waals surface area contributed by atoms with E-state index in [-0.39, 0.29) is 10.6 Å². The Morgan fingerprint density at radius 1 is 1.45 bits per heavy atom. The summed E-state index contributed by atoms with van der Waals surface area (Å²) in [5.41, 5.74) is 5.82. The Morgan fingerprint density at radius 2 is 2.23 bits per heavy atom. The minimum absolute atomic E-state index is 0.127. The van der Waals surface area contributed by atoms with Crippen LogP contribution in [-0.2, 0) is 20.0 Å². The minimum atomic E-state index is -0.329. The first kappa shape index (κ1) is 14.4. The van der Waals surface area contributed by atoms with Crippen molar-refractivity contribution < 1.29 is 4.92 Å². The van der Waals surface area contributed by atoms with Crippen LogP contribution in [0.3, 0.4) is 0 Å². The fourth-order valence-electron chi connectivity index (χ4n) is 2.98. The first-order chi connectivity index (χ1) is 10.5. The topological polar surface area (TPSA) is 85.0 Å². The molecule has 0 fully saturated rings. The van der Waals surface area contributed by atoms with Crippen LogP contribution in [0.4, 0.5) is 17.1 Å². The highest BCUT2D eigenvalue weighted by molar-refractivity contribution is 5.77. The van der Waals surface area contributed by atoms with Gasteiger partial charge in [0.25, 0.3) is 5.69 Å². The van der Waals surface area contributed by atoms with Gasteiger partial charge in [-0.05, 0) is 26.3 Å². The summed E-state index contributed by atoms with van der Waals surface area (Å²) in [7, 11) is 1.90. The van der Waals surface area contributed by atoms with Crippen LogP contribution >= 0.6 is 0 Å². The molecule has 0 unspecified atom stereocenters. The molecule has 1 aliphatic rings. The van der Waals surface area contributed by atoms with Gasteiger partial charge in [-0.25, -0.2) is 0 Å². The van der Waals surface area contributed by atoms with Crippen LogP contribution in [-0.4, -0.2) is 21.2 Å². The predicted octanol–water partition coefficient (Wildman–Crippen LogP) is 2.53. The Kier molecular flexibility index (Phi) is 3.48. The molecule has 2 N–H and O–H groups in total. The Hall–Kier alpha value is -2.57. The van der Waals surface area contributed by atoms with Crippen molar-refractivity contribution in [2.75, 3.05) is 17.2 Å². The van der Waals surface area contributed by atoms with Crippen molar-refractivity contribution in [1.29, 1.82) is 0 Å². The molecule has 7 heteroatoms. The van der Waals surface area contributed by atoms with Crippen molar-refractivity contribution >= 4 is 17.1 Å². The van der Waals surface area contributed by atoms with Gasteiger partial charge in [-0.15, -0.1) is 0 Å². The maximum atomic E-state index is 11.3. The number of aryl methyl sites for hydroxylation is 2. The van der Waals surface area contributed by atoms with Crippen molar-refractivity contribution in [2.45, 2.75) is 26.8 Å². The van der Waals surface area contributed by atoms with E-state index < -0.39 is 0 Å². The summed E-state index contributed by atoms with van der Waals surface area (Å²) in [6.45, 7) is 5.30. The number of anilines is 2. The fraction of sp³-hybridized carbons (Fsp3) is 0.400. The molecule has 0 radical (unpaired) electrons. The molecule has 0 aliphatic carbocycles. The molecule has 3 rings (SSSR count). The number of nitrogens with zero attached hydrogens (tertiary/aromatic N) is 3. The Labute approximate surface area is 128 Å². The second kappa shape index (κ2) is 5.32. The van der Waals surface area contributed by atoms with Gasteiger partial charge in [0.1, 0.15) is 5.69 Å². The number of benzene rings is 1. The molecule has 22 heavy (non-hydrogen) atoms. The van der Waals surface area contributed by atoms with Gasteiger partial charge in [0.05, 0.1) is 10.6 Å². The number of rotatable bonds is 4. The maximum Gasteiger partial charge on any atom is 0.292 e. The van der Waals surface area contributed by atoms with E-state index in [4.69, 9.17) is 0 Å². The number of nitrogens with one attached hydrogen (secondary N) is 2. The van der Waals surface area contributed by atoms with Gasteiger partial charge in [-0.1, -0.05) is 0 Å². The molecule has 0 spiro atoms. The molecule has 0 saturated heterocycles. The molecule has 2 heterocycles. The van der Waals surface area contributed by atoms with E-state index in [9.17, 15) is 10.1 Å². The van der Waals surface area contributed by atoms with Crippen LogP contribution in [0.25, 0.3) is 0 Å². The normalized spacial score (nSPS) is 12.9. The molecule has 1 aliphatic heterocycles. The summed E-state index contributed by atoms with van der Waals surface area (Å²) in [4.78, 5) is 11.0. The average Bonchev–Trinajstić information content (AvgIpc) is 3.03. The van der Waals surface area contributed by atoms with E-state index in [0.717, 1.165) is 41.2 Å². The molecule has 7 nitrogen and oxygen atoms in total. The SMILES string of the molecule is Cc1nn(C)c(C)c1CNc1c([N+](=O)[O-])ccc2c1CCN2. The number of fused-ring (bicyclic) bond motifs is 1. The molecule has 0 bridgehead atoms. The van der Waals surface area contributed by atoms with Gasteiger partial charge in [-0.2, -0.15) is 5.10 Å². The third kappa shape index (κ3) is 2.28. The lowest BCUT2D eigenvalue weighted by Gasteiger charge is -2.12. The smallest absolute Gasteiger partial charge is 0.292 e. The van der Waals surface area contributed by atoms with E-state index in [1.54, 1.807) is 12.1 Å². The first-order valence-corrected chi connectivity index (χ1v) is 7.26. The quantitative estimate of drug-likeness (QED) is 0.669. The summed E-state index contributed by atoms with van der Waals surface area (Å²) in [5.74, 6) is 0. The van der Waals surface area contributed by atoms with E-state index in [1.165, 1.54) is 0 Å². The zero-order chi connectivity index (χ0) is 15.9. The molecule has 1 aromatic carbocycles. The van der Waals surface area contributed by atoms with Crippen LogP contribution in [0, 0.1) is 24.0 Å². The van der Waals surface area contributed by atoms with Crippen molar-refractivity contribution in [3.8, 4) is 0 Å². The standard InChI is InChI=1S/C15H19N5O2/c1-9-12(10(2)19(3)18-9)8-17-15-11-6-7-16-13(11)4-5-14(15)20(21)22/h4-5,16-17H,6-8H2,1-3H3. The third-order valence-corrected chi connectivity index (χ3v) is 4.28. The van der Waals surface area contributed by atoms with Gasteiger partial charge < -0.3 is 10.6 Å². The third-order valence-electron chi connectivity index (χ3n) is 4.28. The first-order valence-electron chi connectivity index (χ1n) is 7.26. The molecule has 0 atom stereocenters. The van der Waals surface area contributed by atoms with E-state index in [1.807, 2.05) is 25.6 Å². The van der Waals surface area contributed by atoms with Gasteiger partial charge in [0.15, 0.2) is 0 Å². The molecular weight excluding hydrogens is 282 g/mol. The van der Waals surface area contributed by atoms with Gasteiger partial charge in [0.2, 0.25) is 0 Å². The summed E-state index contributed by atoms with van der Waals surface area (Å²) >= 11 is 0. The highest BCUT2D eigenvalue weighted by Crippen LogP contribution is 2.37. The van der Waals surface area contributed by atoms with Crippen molar-refractivity contribution in [3.63, 3.8) is 0 Å². The monoisotopic (exact) mass is 301 g/mol. The van der Waals surface area contributed by atoms with Crippen LogP contribution in [0.1, 0.15) is 22.5 Å². The fourth-order valence-corrected chi connectivity index (χ4v) is 2.98. The lowest BCUT2D eigenvalue weighted by atomic mass is 10.1. The Morgan fingerprint density at radius 3 is 2.86 bits per heavy atom. The summed E-state index contributed by atoms with van der Waals surface area (Å²) < 4.78 is 1.83. The highest BCUT2D eigenvalue weighted by Gasteiger charge is 2.24. The van der Waals surface area contributed by atoms with Crippen molar-refractivity contribution in [3.05, 3.63) is 44.8 Å². The zero-order valence-electron chi connectivity index (χ0n) is 12.9. The number of hydrogen-bond donors (Lipinski definition) is 2. The van der Waals surface area contributed by atoms with Crippen LogP contribution in [0.15, 0.2) is 12.1 Å². The maximum absolute atomic E-state index is 11.3. The van der Waals surface area contributed by atoms with Gasteiger partial charge >= 0.3 is 0 Å². The molecule has 1 aromatic heterocycles. The summed E-state index contributed by atoms with van der Waals surface area (Å²) in [6.07, 6.45) is 0.796. The van der Waals surface area contributed by atoms with Crippen LogP contribution < -0.4 is 10.6 Å². The number of nitro benzene ring substituents is 1. The second-order valence-corrected chi connectivity index (χ2v) is 5.55. The molecular formula is C15H19N5O2. The summed E-state index contributed by atoms with van der Waals surface area (Å²) in [5, 5.41) is 22.2. The molecule has 0 amide bonds. The average molecular weight is 301 g/mol. The number of aromatic nitrogens is 2. The van der Waals surface area contributed by atoms with E-state index in [2.05, 4.69) is 15.7 Å². The van der Waals surface area contributed by atoms with E-state index in [0.29, 0.717) is 12.2 Å². The number of hydrogen-bond acceptors (Lipinski definition) is 5. The van der Waals surface area contributed by atoms with Crippen LogP contribution in [0.2, 0.25) is 0 Å². The van der Waals surface area contributed by atoms with Crippen LogP contribution in [0.5, 0.6) is 0 Å². The lowest BCUT2D eigenvalue weighted by Crippen LogP contribution is -2.07. The van der Waals surface area contributed by atoms with Gasteiger partial charge in [0, 0.05) is 48.7 Å². The molecule has 0 saturated carbocycles. The molecule has 2 aromatic rings. The Balaban J connectivity index is 1.95. The lowest BCUT2D eigenvalue weighted by molar-refractivity contribution is -0.384. The second-order valence-electron chi connectivity index (χ2n) is 5.55. The molecule has 116 valence electrons. The largest absolute Gasteiger partial charge is 0.384 e. The highest BCUT2D eigenvalue weighted by atomic mass is 16.6. The van der Waals surface area contributed by atoms with Crippen molar-refractivity contribution in [2.24, 2.45) is 7.05 Å². The van der Waals surface area contributed by atoms with Crippen molar-refractivity contribution in [1.82, 2.24) is 9.78 Å². The van der Waals surface area contributed by atoms with E-state index >= 15 is 0 Å². The van der Waals surface area contributed by atoms with Gasteiger partial charge in [-0.3, -0.25) is 14.8 Å². The Bertz CT molecular complexity index is 751. The predicted molar refractivity (Wildman–Crippen MR) is 85.3 cm³/mol. The summed E-state index contributed by atoms with van der Waals surface area (Å²) in [6, 6.07) is 3.34. The number of nitro groups is 1. The zero-order valence-corrected chi connectivity index (χ0v) is 12.9.